The topological polar surface area (TPSA) is 93.8 Å². The molecule has 0 aliphatic rings. The van der Waals surface area contributed by atoms with Gasteiger partial charge in [-0.3, -0.25) is 4.79 Å². The van der Waals surface area contributed by atoms with Crippen molar-refractivity contribution in [2.75, 3.05) is 11.1 Å². The summed E-state index contributed by atoms with van der Waals surface area (Å²) in [7, 11) is 0. The summed E-state index contributed by atoms with van der Waals surface area (Å²) in [6, 6.07) is 8.82. The van der Waals surface area contributed by atoms with E-state index in [-0.39, 0.29) is 11.7 Å². The minimum Gasteiger partial charge on any atom is -0.415 e. The summed E-state index contributed by atoms with van der Waals surface area (Å²) in [5.41, 5.74) is 2.51. The van der Waals surface area contributed by atoms with E-state index in [4.69, 9.17) is 16.0 Å². The lowest BCUT2D eigenvalue weighted by Crippen LogP contribution is -2.13. The average molecular weight is 422 g/mol. The van der Waals surface area contributed by atoms with Gasteiger partial charge in [0.25, 0.3) is 5.22 Å². The first kappa shape index (κ1) is 19.7. The summed E-state index contributed by atoms with van der Waals surface area (Å²) < 4.78 is 5.55. The number of carbonyl (C=O) groups excluding carboxylic acids is 1. The zero-order valence-corrected chi connectivity index (χ0v) is 17.0. The van der Waals surface area contributed by atoms with E-state index in [1.807, 2.05) is 19.9 Å². The van der Waals surface area contributed by atoms with Gasteiger partial charge in [0, 0.05) is 22.1 Å². The highest BCUT2D eigenvalue weighted by Gasteiger charge is 2.11. The van der Waals surface area contributed by atoms with E-state index < -0.39 is 0 Å². The van der Waals surface area contributed by atoms with Crippen molar-refractivity contribution in [1.29, 1.82) is 0 Å². The second-order valence-electron chi connectivity index (χ2n) is 5.53. The molecule has 0 radical (unpaired) electrons. The summed E-state index contributed by atoms with van der Waals surface area (Å²) >= 11 is 8.42. The minimum atomic E-state index is -0.167. The number of rotatable bonds is 7. The number of halogens is 1. The van der Waals surface area contributed by atoms with E-state index >= 15 is 0 Å². The zero-order chi connectivity index (χ0) is 19.2. The van der Waals surface area contributed by atoms with Gasteiger partial charge in [0.05, 0.1) is 11.5 Å². The molecule has 0 bridgehead atoms. The number of anilines is 1. The van der Waals surface area contributed by atoms with E-state index in [1.165, 1.54) is 23.5 Å². The second-order valence-corrected chi connectivity index (χ2v) is 7.83. The van der Waals surface area contributed by atoms with Crippen molar-refractivity contribution in [2.45, 2.75) is 30.0 Å². The Morgan fingerprint density at radius 2 is 1.81 bits per heavy atom. The van der Waals surface area contributed by atoms with Crippen LogP contribution in [0.25, 0.3) is 0 Å². The lowest BCUT2D eigenvalue weighted by atomic mass is 10.3. The summed E-state index contributed by atoms with van der Waals surface area (Å²) in [5.74, 6) is 0.925. The number of thioether (sulfide) groups is 2. The first-order valence-electron chi connectivity index (χ1n) is 7.93. The fraction of sp³-hybridized carbons (Fsp3) is 0.235. The van der Waals surface area contributed by atoms with Crippen molar-refractivity contribution in [2.24, 2.45) is 0 Å². The highest BCUT2D eigenvalue weighted by molar-refractivity contribution is 7.99. The van der Waals surface area contributed by atoms with Crippen LogP contribution in [0.15, 0.2) is 45.1 Å². The van der Waals surface area contributed by atoms with Gasteiger partial charge in [0.2, 0.25) is 11.8 Å². The van der Waals surface area contributed by atoms with Crippen LogP contribution in [0, 0.1) is 13.8 Å². The number of hydrogen-bond donors (Lipinski definition) is 1. The molecule has 3 rings (SSSR count). The predicted octanol–water partition coefficient (Wildman–Crippen LogP) is 4.15. The first-order chi connectivity index (χ1) is 13.0. The van der Waals surface area contributed by atoms with Crippen molar-refractivity contribution >= 4 is 46.7 Å². The van der Waals surface area contributed by atoms with Gasteiger partial charge in [-0.2, -0.15) is 0 Å². The molecule has 2 aromatic heterocycles. The summed E-state index contributed by atoms with van der Waals surface area (Å²) in [6.07, 6.45) is 0. The van der Waals surface area contributed by atoms with Crippen LogP contribution in [-0.2, 0) is 10.5 Å². The number of nitrogens with zero attached hydrogens (tertiary/aromatic N) is 4. The third kappa shape index (κ3) is 6.23. The number of hydrogen-bond acceptors (Lipinski definition) is 8. The van der Waals surface area contributed by atoms with E-state index in [0.29, 0.717) is 32.7 Å². The molecule has 3 aromatic rings. The van der Waals surface area contributed by atoms with E-state index in [1.54, 1.807) is 24.3 Å². The fourth-order valence-electron chi connectivity index (χ4n) is 2.10. The average Bonchev–Trinajstić information content (AvgIpc) is 3.07. The van der Waals surface area contributed by atoms with Crippen LogP contribution in [0.5, 0.6) is 0 Å². The predicted molar refractivity (Wildman–Crippen MR) is 106 cm³/mol. The Labute approximate surface area is 169 Å². The maximum absolute atomic E-state index is 12.0. The van der Waals surface area contributed by atoms with Crippen LogP contribution in [-0.4, -0.2) is 31.8 Å². The molecule has 0 aliphatic carbocycles. The second kappa shape index (κ2) is 9.20. The summed E-state index contributed by atoms with van der Waals surface area (Å²) in [6.45, 7) is 3.85. The molecule has 0 atom stereocenters. The van der Waals surface area contributed by atoms with Crippen LogP contribution in [0.3, 0.4) is 0 Å². The molecule has 1 aromatic carbocycles. The molecule has 0 saturated heterocycles. The number of amides is 1. The van der Waals surface area contributed by atoms with Crippen molar-refractivity contribution in [1.82, 2.24) is 20.2 Å². The fourth-order valence-corrected chi connectivity index (χ4v) is 3.59. The van der Waals surface area contributed by atoms with Crippen LogP contribution < -0.4 is 5.32 Å². The lowest BCUT2D eigenvalue weighted by molar-refractivity contribution is -0.113. The Kier molecular flexibility index (Phi) is 6.70. The lowest BCUT2D eigenvalue weighted by Gasteiger charge is -2.03. The maximum Gasteiger partial charge on any atom is 0.277 e. The Bertz CT molecular complexity index is 913. The number of nitrogens with one attached hydrogen (secondary N) is 1. The van der Waals surface area contributed by atoms with Gasteiger partial charge in [-0.25, -0.2) is 9.97 Å². The molecular formula is C17H16ClN5O2S2. The van der Waals surface area contributed by atoms with Gasteiger partial charge in [0.1, 0.15) is 0 Å². The normalized spacial score (nSPS) is 10.8. The van der Waals surface area contributed by atoms with Gasteiger partial charge in [-0.1, -0.05) is 35.1 Å². The van der Waals surface area contributed by atoms with Gasteiger partial charge in [-0.05, 0) is 44.2 Å². The number of aromatic nitrogens is 4. The highest BCUT2D eigenvalue weighted by Crippen LogP contribution is 2.22. The van der Waals surface area contributed by atoms with Crippen LogP contribution >= 0.6 is 35.1 Å². The monoisotopic (exact) mass is 421 g/mol. The van der Waals surface area contributed by atoms with Gasteiger partial charge < -0.3 is 9.73 Å². The molecule has 1 amide bonds. The molecule has 0 spiro atoms. The molecule has 10 heteroatoms. The molecule has 7 nitrogen and oxygen atoms in total. The molecular weight excluding hydrogens is 406 g/mol. The molecule has 2 heterocycles. The van der Waals surface area contributed by atoms with E-state index in [2.05, 4.69) is 25.5 Å². The third-order valence-electron chi connectivity index (χ3n) is 3.19. The van der Waals surface area contributed by atoms with Crippen LogP contribution in [0.2, 0.25) is 5.02 Å². The Morgan fingerprint density at radius 3 is 2.52 bits per heavy atom. The number of carbonyl (C=O) groups is 1. The SMILES string of the molecule is Cc1cc(C)nc(SCc2nnc(SCC(=O)Nc3ccc(Cl)cc3)o2)n1. The van der Waals surface area contributed by atoms with E-state index in [9.17, 15) is 4.79 Å². The van der Waals surface area contributed by atoms with Crippen molar-refractivity contribution in [3.63, 3.8) is 0 Å². The third-order valence-corrected chi connectivity index (χ3v) is 5.09. The highest BCUT2D eigenvalue weighted by atomic mass is 35.5. The number of aryl methyl sites for hydroxylation is 2. The van der Waals surface area contributed by atoms with E-state index in [0.717, 1.165) is 11.4 Å². The van der Waals surface area contributed by atoms with Crippen molar-refractivity contribution in [3.8, 4) is 0 Å². The molecule has 0 fully saturated rings. The molecule has 0 aliphatic heterocycles. The molecule has 0 saturated carbocycles. The van der Waals surface area contributed by atoms with Gasteiger partial charge in [-0.15, -0.1) is 10.2 Å². The van der Waals surface area contributed by atoms with Gasteiger partial charge in [0.15, 0.2) is 5.16 Å². The zero-order valence-electron chi connectivity index (χ0n) is 14.6. The van der Waals surface area contributed by atoms with Crippen molar-refractivity contribution < 1.29 is 9.21 Å². The molecule has 1 N–H and O–H groups in total. The van der Waals surface area contributed by atoms with Crippen LogP contribution in [0.1, 0.15) is 17.3 Å². The Hall–Kier alpha value is -2.10. The Morgan fingerprint density at radius 1 is 1.11 bits per heavy atom. The Balaban J connectivity index is 1.47. The van der Waals surface area contributed by atoms with Crippen molar-refractivity contribution in [3.05, 3.63) is 52.6 Å². The largest absolute Gasteiger partial charge is 0.415 e. The standard InChI is InChI=1S/C17H16ClN5O2S2/c1-10-7-11(2)20-16(19-10)26-9-15-22-23-17(25-15)27-8-14(24)21-13-5-3-12(18)4-6-13/h3-7H,8-9H2,1-2H3,(H,21,24). The van der Waals surface area contributed by atoms with Crippen LogP contribution in [0.4, 0.5) is 5.69 Å². The molecule has 140 valence electrons. The maximum atomic E-state index is 12.0. The molecule has 27 heavy (non-hydrogen) atoms. The minimum absolute atomic E-state index is 0.164. The smallest absolute Gasteiger partial charge is 0.277 e. The molecule has 0 unspecified atom stereocenters. The first-order valence-corrected chi connectivity index (χ1v) is 10.3. The van der Waals surface area contributed by atoms with Gasteiger partial charge >= 0.3 is 0 Å². The summed E-state index contributed by atoms with van der Waals surface area (Å²) in [5, 5.41) is 12.3. The summed E-state index contributed by atoms with van der Waals surface area (Å²) in [4.78, 5) is 20.7. The quantitative estimate of drug-likeness (QED) is 0.449. The number of benzene rings is 1.